The first-order chi connectivity index (χ1) is 17.7. The van der Waals surface area contributed by atoms with Crippen molar-refractivity contribution in [1.29, 1.82) is 0 Å². The second kappa shape index (κ2) is 15.5. The molecule has 0 aromatic heterocycles. The maximum atomic E-state index is 12.6. The molecule has 0 unspecified atom stereocenters. The van der Waals surface area contributed by atoms with Gasteiger partial charge in [-0.2, -0.15) is 0 Å². The molecule has 0 bridgehead atoms. The molecular weight excluding hydrogens is 609 g/mol. The number of hydrogen-bond acceptors (Lipinski definition) is 6. The summed E-state index contributed by atoms with van der Waals surface area (Å²) in [5.74, 6) is 1.95. The Labute approximate surface area is 251 Å². The van der Waals surface area contributed by atoms with Crippen molar-refractivity contribution in [2.75, 3.05) is 34.0 Å². The number of quaternary nitrogens is 1. The first-order valence-electron chi connectivity index (χ1n) is 13.5. The summed E-state index contributed by atoms with van der Waals surface area (Å²) < 4.78 is 22.5. The highest BCUT2D eigenvalue weighted by Crippen LogP contribution is 2.36. The van der Waals surface area contributed by atoms with Crippen LogP contribution >= 0.6 is 0 Å². The highest BCUT2D eigenvalue weighted by Gasteiger charge is 2.24. The van der Waals surface area contributed by atoms with E-state index in [0.717, 1.165) is 22.3 Å². The van der Waals surface area contributed by atoms with Gasteiger partial charge in [0.25, 0.3) is 0 Å². The van der Waals surface area contributed by atoms with Gasteiger partial charge in [0.15, 0.2) is 0 Å². The van der Waals surface area contributed by atoms with Crippen LogP contribution in [0.5, 0.6) is 11.5 Å². The van der Waals surface area contributed by atoms with Crippen molar-refractivity contribution in [3.8, 4) is 11.5 Å². The van der Waals surface area contributed by atoms with Crippen molar-refractivity contribution in [2.24, 2.45) is 0 Å². The van der Waals surface area contributed by atoms with Crippen molar-refractivity contribution >= 4 is 12.3 Å². The minimum absolute atomic E-state index is 0. The topological polar surface area (TPSA) is 71.1 Å². The average Bonchev–Trinajstić information content (AvgIpc) is 2.82. The highest BCUT2D eigenvalue weighted by molar-refractivity contribution is 5.66. The zero-order valence-electron chi connectivity index (χ0n) is 25.2. The first-order valence-corrected chi connectivity index (χ1v) is 13.5. The number of hydrogen-bond donors (Lipinski definition) is 0. The molecule has 0 aliphatic heterocycles. The standard InChI is InChI=1S/C31H46NO6.HI/c1-20(2)24-13-11-14-25(21(3)4)28(24)37-30(33)35-18-17-32(9,10)19-36-31(34)38-29-26(22(5)6)15-12-16-27(29)23(7)8;/h11-16,20-23H,17-19H2,1-10H3;1H/q+1;/p-1. The van der Waals surface area contributed by atoms with E-state index in [9.17, 15) is 9.59 Å². The first kappa shape index (κ1) is 34.7. The van der Waals surface area contributed by atoms with Crippen LogP contribution in [0.25, 0.3) is 0 Å². The lowest BCUT2D eigenvalue weighted by molar-refractivity contribution is -0.907. The molecule has 0 N–H and O–H groups in total. The van der Waals surface area contributed by atoms with Gasteiger partial charge in [-0.1, -0.05) is 91.8 Å². The van der Waals surface area contributed by atoms with Gasteiger partial charge < -0.3 is 42.9 Å². The van der Waals surface area contributed by atoms with E-state index in [2.05, 4.69) is 55.4 Å². The van der Waals surface area contributed by atoms with Gasteiger partial charge in [-0.05, 0) is 45.9 Å². The molecular formula is C31H46INO6. The molecule has 0 fully saturated rings. The summed E-state index contributed by atoms with van der Waals surface area (Å²) in [7, 11) is 3.77. The Balaban J connectivity index is 0.00000760. The Morgan fingerprint density at radius 1 is 0.641 bits per heavy atom. The lowest BCUT2D eigenvalue weighted by Crippen LogP contribution is -3.00. The fourth-order valence-corrected chi connectivity index (χ4v) is 4.09. The van der Waals surface area contributed by atoms with E-state index in [0.29, 0.717) is 18.0 Å². The summed E-state index contributed by atoms with van der Waals surface area (Å²) in [5.41, 5.74) is 3.87. The summed E-state index contributed by atoms with van der Waals surface area (Å²) in [5, 5.41) is 0. The molecule has 0 aliphatic rings. The van der Waals surface area contributed by atoms with Gasteiger partial charge in [0.05, 0.1) is 14.1 Å². The van der Waals surface area contributed by atoms with Crippen LogP contribution in [0, 0.1) is 0 Å². The largest absolute Gasteiger partial charge is 1.00 e. The molecule has 0 heterocycles. The molecule has 2 rings (SSSR count). The van der Waals surface area contributed by atoms with Crippen molar-refractivity contribution in [2.45, 2.75) is 79.1 Å². The van der Waals surface area contributed by atoms with E-state index < -0.39 is 12.3 Å². The molecule has 0 radical (unpaired) electrons. The molecule has 0 aliphatic carbocycles. The van der Waals surface area contributed by atoms with Crippen LogP contribution < -0.4 is 33.5 Å². The van der Waals surface area contributed by atoms with Crippen molar-refractivity contribution in [3.63, 3.8) is 0 Å². The smallest absolute Gasteiger partial charge is 0.518 e. The van der Waals surface area contributed by atoms with Crippen LogP contribution in [0.2, 0.25) is 0 Å². The number of carbonyl (C=O) groups is 2. The van der Waals surface area contributed by atoms with Crippen LogP contribution in [0.4, 0.5) is 9.59 Å². The SMILES string of the molecule is CC(C)c1cccc(C(C)C)c1OC(=O)OCC[N+](C)(C)COC(=O)Oc1c(C(C)C)cccc1C(C)C.[I-]. The minimum Gasteiger partial charge on any atom is -1.00 e. The van der Waals surface area contributed by atoms with E-state index in [-0.39, 0.29) is 65.5 Å². The quantitative estimate of drug-likeness (QED) is 0.112. The fourth-order valence-electron chi connectivity index (χ4n) is 4.09. The number of carbonyl (C=O) groups excluding carboxylic acids is 2. The van der Waals surface area contributed by atoms with E-state index >= 15 is 0 Å². The molecule has 218 valence electrons. The van der Waals surface area contributed by atoms with Crippen molar-refractivity contribution in [3.05, 3.63) is 58.7 Å². The predicted molar refractivity (Wildman–Crippen MR) is 150 cm³/mol. The van der Waals surface area contributed by atoms with Crippen molar-refractivity contribution in [1.82, 2.24) is 0 Å². The van der Waals surface area contributed by atoms with Crippen molar-refractivity contribution < 1.29 is 57.0 Å². The molecule has 0 spiro atoms. The number of nitrogens with zero attached hydrogens (tertiary/aromatic N) is 1. The third-order valence-electron chi connectivity index (χ3n) is 6.46. The van der Waals surface area contributed by atoms with Crippen LogP contribution in [0.15, 0.2) is 36.4 Å². The number of rotatable bonds is 11. The zero-order chi connectivity index (χ0) is 28.6. The molecule has 0 saturated heterocycles. The number of ether oxygens (including phenoxy) is 4. The van der Waals surface area contributed by atoms with E-state index in [1.54, 1.807) is 0 Å². The Kier molecular flexibility index (Phi) is 13.8. The van der Waals surface area contributed by atoms with Crippen LogP contribution in [-0.2, 0) is 9.47 Å². The maximum absolute atomic E-state index is 12.6. The van der Waals surface area contributed by atoms with Gasteiger partial charge in [0.2, 0.25) is 6.73 Å². The molecule has 7 nitrogen and oxygen atoms in total. The fraction of sp³-hybridized carbons (Fsp3) is 0.548. The van der Waals surface area contributed by atoms with E-state index in [1.165, 1.54) is 0 Å². The Hall–Kier alpha value is -2.33. The summed E-state index contributed by atoms with van der Waals surface area (Å²) >= 11 is 0. The number of benzene rings is 2. The van der Waals surface area contributed by atoms with Gasteiger partial charge in [0.1, 0.15) is 24.7 Å². The van der Waals surface area contributed by atoms with Gasteiger partial charge in [-0.3, -0.25) is 4.48 Å². The maximum Gasteiger partial charge on any atom is 0.518 e. The van der Waals surface area contributed by atoms with Gasteiger partial charge in [0, 0.05) is 0 Å². The molecule has 0 atom stereocenters. The third kappa shape index (κ3) is 10.3. The Morgan fingerprint density at radius 2 is 0.974 bits per heavy atom. The van der Waals surface area contributed by atoms with E-state index in [1.807, 2.05) is 50.5 Å². The number of para-hydroxylation sites is 2. The minimum atomic E-state index is -0.752. The summed E-state index contributed by atoms with van der Waals surface area (Å²) in [6.07, 6.45) is -1.50. The molecule has 0 saturated carbocycles. The monoisotopic (exact) mass is 655 g/mol. The molecule has 8 heteroatoms. The van der Waals surface area contributed by atoms with Gasteiger partial charge in [-0.15, -0.1) is 0 Å². The second-order valence-corrected chi connectivity index (χ2v) is 11.6. The summed E-state index contributed by atoms with van der Waals surface area (Å²) in [6, 6.07) is 11.9. The lowest BCUT2D eigenvalue weighted by Gasteiger charge is -2.28. The second-order valence-electron chi connectivity index (χ2n) is 11.6. The third-order valence-corrected chi connectivity index (χ3v) is 6.46. The van der Waals surface area contributed by atoms with Gasteiger partial charge >= 0.3 is 12.3 Å². The molecule has 2 aromatic carbocycles. The molecule has 0 amide bonds. The number of likely N-dealkylation sites (N-methyl/N-ethyl adjacent to an activating group) is 1. The van der Waals surface area contributed by atoms with Crippen LogP contribution in [0.1, 0.15) is 101 Å². The summed E-state index contributed by atoms with van der Waals surface area (Å²) in [4.78, 5) is 25.1. The molecule has 2 aromatic rings. The predicted octanol–water partition coefficient (Wildman–Crippen LogP) is 4.95. The van der Waals surface area contributed by atoms with E-state index in [4.69, 9.17) is 18.9 Å². The highest BCUT2D eigenvalue weighted by atomic mass is 127. The lowest BCUT2D eigenvalue weighted by atomic mass is 9.94. The normalized spacial score (nSPS) is 11.5. The Morgan fingerprint density at radius 3 is 1.31 bits per heavy atom. The Bertz CT molecular complexity index is 1040. The van der Waals surface area contributed by atoms with Gasteiger partial charge in [-0.25, -0.2) is 9.59 Å². The van der Waals surface area contributed by atoms with Crippen LogP contribution in [0.3, 0.4) is 0 Å². The van der Waals surface area contributed by atoms with Crippen LogP contribution in [-0.4, -0.2) is 50.8 Å². The summed E-state index contributed by atoms with van der Waals surface area (Å²) in [6.45, 7) is 17.1. The number of halogens is 1. The zero-order valence-corrected chi connectivity index (χ0v) is 27.3. The molecule has 39 heavy (non-hydrogen) atoms. The average molecular weight is 656 g/mol.